The molecule has 1 aliphatic rings. The van der Waals surface area contributed by atoms with Gasteiger partial charge in [0.05, 0.1) is 26.5 Å². The highest BCUT2D eigenvalue weighted by atomic mass is 127. The fourth-order valence-electron chi connectivity index (χ4n) is 3.73. The van der Waals surface area contributed by atoms with Gasteiger partial charge in [0, 0.05) is 62.3 Å². The van der Waals surface area contributed by atoms with Gasteiger partial charge in [0.1, 0.15) is 11.5 Å². The van der Waals surface area contributed by atoms with Crippen molar-refractivity contribution in [3.63, 3.8) is 0 Å². The predicted molar refractivity (Wildman–Crippen MR) is 133 cm³/mol. The molecule has 3 rings (SSSR count). The van der Waals surface area contributed by atoms with Gasteiger partial charge in [-0.1, -0.05) is 6.07 Å². The molecule has 0 spiro atoms. The van der Waals surface area contributed by atoms with Gasteiger partial charge in [0.2, 0.25) is 0 Å². The highest BCUT2D eigenvalue weighted by molar-refractivity contribution is 14.0. The van der Waals surface area contributed by atoms with Crippen LogP contribution < -0.4 is 19.7 Å². The second-order valence-electron chi connectivity index (χ2n) is 7.12. The molecule has 1 aromatic carbocycles. The van der Waals surface area contributed by atoms with Crippen molar-refractivity contribution in [3.05, 3.63) is 47.3 Å². The number of halogens is 1. The number of hydrogen-bond acceptors (Lipinski definition) is 5. The van der Waals surface area contributed by atoms with E-state index in [2.05, 4.69) is 37.2 Å². The number of benzene rings is 1. The summed E-state index contributed by atoms with van der Waals surface area (Å²) in [4.78, 5) is 13.7. The molecule has 0 radical (unpaired) electrons. The van der Waals surface area contributed by atoms with Gasteiger partial charge in [-0.05, 0) is 26.0 Å². The summed E-state index contributed by atoms with van der Waals surface area (Å²) in [6.45, 7) is 8.35. The Labute approximate surface area is 196 Å². The highest BCUT2D eigenvalue weighted by Crippen LogP contribution is 2.24. The number of aliphatic imine (C=N–C) groups is 1. The van der Waals surface area contributed by atoms with Crippen molar-refractivity contribution in [2.24, 2.45) is 4.99 Å². The molecule has 1 N–H and O–H groups in total. The molecule has 7 nitrogen and oxygen atoms in total. The SMILES string of the molecule is CN=C(NCc1ncc(C)c(OC)c1C)N1CCN(c2cccc(OC)c2)CC1.I. The van der Waals surface area contributed by atoms with E-state index in [1.807, 2.05) is 39.2 Å². The van der Waals surface area contributed by atoms with Gasteiger partial charge in [0.15, 0.2) is 5.96 Å². The van der Waals surface area contributed by atoms with Crippen molar-refractivity contribution >= 4 is 35.6 Å². The minimum Gasteiger partial charge on any atom is -0.497 e. The minimum atomic E-state index is 0. The molecule has 0 atom stereocenters. The maximum atomic E-state index is 5.51. The predicted octanol–water partition coefficient (Wildman–Crippen LogP) is 3.23. The number of piperazine rings is 1. The molecule has 30 heavy (non-hydrogen) atoms. The maximum Gasteiger partial charge on any atom is 0.194 e. The molecule has 0 amide bonds. The number of nitrogens with one attached hydrogen (secondary N) is 1. The lowest BCUT2D eigenvalue weighted by atomic mass is 10.1. The number of rotatable bonds is 5. The second-order valence-corrected chi connectivity index (χ2v) is 7.12. The van der Waals surface area contributed by atoms with E-state index in [-0.39, 0.29) is 24.0 Å². The lowest BCUT2D eigenvalue weighted by Gasteiger charge is -2.37. The third-order valence-corrected chi connectivity index (χ3v) is 5.37. The monoisotopic (exact) mass is 525 g/mol. The molecular formula is C22H32IN5O2. The quantitative estimate of drug-likeness (QED) is 0.368. The van der Waals surface area contributed by atoms with Crippen LogP contribution in [0.3, 0.4) is 0 Å². The van der Waals surface area contributed by atoms with Gasteiger partial charge in [-0.15, -0.1) is 24.0 Å². The molecule has 2 aromatic rings. The van der Waals surface area contributed by atoms with E-state index in [1.54, 1.807) is 14.2 Å². The molecule has 1 aliphatic heterocycles. The number of hydrogen-bond donors (Lipinski definition) is 1. The average Bonchev–Trinajstić information content (AvgIpc) is 2.76. The number of pyridine rings is 1. The minimum absolute atomic E-state index is 0. The van der Waals surface area contributed by atoms with E-state index in [1.165, 1.54) is 5.69 Å². The summed E-state index contributed by atoms with van der Waals surface area (Å²) in [5.74, 6) is 2.69. The topological polar surface area (TPSA) is 62.2 Å². The van der Waals surface area contributed by atoms with Gasteiger partial charge < -0.3 is 24.6 Å². The summed E-state index contributed by atoms with van der Waals surface area (Å²) < 4.78 is 10.9. The molecule has 0 bridgehead atoms. The first-order valence-corrected chi connectivity index (χ1v) is 9.91. The van der Waals surface area contributed by atoms with E-state index in [9.17, 15) is 0 Å². The van der Waals surface area contributed by atoms with E-state index in [0.717, 1.165) is 60.5 Å². The van der Waals surface area contributed by atoms with Crippen molar-refractivity contribution in [1.82, 2.24) is 15.2 Å². The van der Waals surface area contributed by atoms with Crippen LogP contribution in [0.15, 0.2) is 35.5 Å². The molecule has 164 valence electrons. The van der Waals surface area contributed by atoms with Crippen LogP contribution in [0.1, 0.15) is 16.8 Å². The molecule has 1 fully saturated rings. The Balaban J connectivity index is 0.00000320. The van der Waals surface area contributed by atoms with Crippen LogP contribution in [0, 0.1) is 13.8 Å². The number of anilines is 1. The first-order valence-electron chi connectivity index (χ1n) is 9.91. The molecule has 0 aliphatic carbocycles. The first kappa shape index (κ1) is 24.0. The number of methoxy groups -OCH3 is 2. The van der Waals surface area contributed by atoms with Crippen LogP contribution in [0.2, 0.25) is 0 Å². The van der Waals surface area contributed by atoms with Crippen molar-refractivity contribution in [2.45, 2.75) is 20.4 Å². The lowest BCUT2D eigenvalue weighted by Crippen LogP contribution is -2.52. The van der Waals surface area contributed by atoms with Gasteiger partial charge in [-0.25, -0.2) is 0 Å². The zero-order valence-electron chi connectivity index (χ0n) is 18.4. The second kappa shape index (κ2) is 11.2. The lowest BCUT2D eigenvalue weighted by molar-refractivity contribution is 0.371. The molecule has 0 saturated carbocycles. The summed E-state index contributed by atoms with van der Waals surface area (Å²) in [6, 6.07) is 8.22. The molecule has 1 saturated heterocycles. The fourth-order valence-corrected chi connectivity index (χ4v) is 3.73. The maximum absolute atomic E-state index is 5.51. The van der Waals surface area contributed by atoms with E-state index < -0.39 is 0 Å². The fraction of sp³-hybridized carbons (Fsp3) is 0.455. The van der Waals surface area contributed by atoms with Crippen LogP contribution in [-0.2, 0) is 6.54 Å². The number of aromatic nitrogens is 1. The van der Waals surface area contributed by atoms with Crippen LogP contribution in [0.5, 0.6) is 11.5 Å². The van der Waals surface area contributed by atoms with Crippen LogP contribution in [-0.4, -0.2) is 63.3 Å². The van der Waals surface area contributed by atoms with Crippen LogP contribution in [0.25, 0.3) is 0 Å². The Morgan fingerprint density at radius 3 is 2.50 bits per heavy atom. The summed E-state index contributed by atoms with van der Waals surface area (Å²) in [6.07, 6.45) is 1.86. The Kier molecular flexibility index (Phi) is 9.01. The van der Waals surface area contributed by atoms with Crippen molar-refractivity contribution in [2.75, 3.05) is 52.3 Å². The molecule has 2 heterocycles. The van der Waals surface area contributed by atoms with E-state index >= 15 is 0 Å². The smallest absolute Gasteiger partial charge is 0.194 e. The zero-order valence-corrected chi connectivity index (χ0v) is 20.8. The Morgan fingerprint density at radius 2 is 1.87 bits per heavy atom. The zero-order chi connectivity index (χ0) is 20.8. The van der Waals surface area contributed by atoms with E-state index in [4.69, 9.17) is 9.47 Å². The molecule has 0 unspecified atom stereocenters. The average molecular weight is 525 g/mol. The molecular weight excluding hydrogens is 493 g/mol. The van der Waals surface area contributed by atoms with Crippen LogP contribution >= 0.6 is 24.0 Å². The van der Waals surface area contributed by atoms with Crippen LogP contribution in [0.4, 0.5) is 5.69 Å². The van der Waals surface area contributed by atoms with Crippen molar-refractivity contribution in [1.29, 1.82) is 0 Å². The summed E-state index contributed by atoms with van der Waals surface area (Å²) in [5.41, 5.74) is 4.28. The van der Waals surface area contributed by atoms with Gasteiger partial charge in [-0.2, -0.15) is 0 Å². The summed E-state index contributed by atoms with van der Waals surface area (Å²) in [7, 11) is 5.23. The van der Waals surface area contributed by atoms with Crippen molar-refractivity contribution in [3.8, 4) is 11.5 Å². The van der Waals surface area contributed by atoms with Crippen molar-refractivity contribution < 1.29 is 9.47 Å². The third-order valence-electron chi connectivity index (χ3n) is 5.37. The number of aryl methyl sites for hydroxylation is 1. The largest absolute Gasteiger partial charge is 0.497 e. The number of ether oxygens (including phenoxy) is 2. The normalized spacial score (nSPS) is 14.2. The Hall–Kier alpha value is -2.23. The number of nitrogens with zero attached hydrogens (tertiary/aromatic N) is 4. The third kappa shape index (κ3) is 5.47. The summed E-state index contributed by atoms with van der Waals surface area (Å²) >= 11 is 0. The van der Waals surface area contributed by atoms with Gasteiger partial charge in [-0.3, -0.25) is 9.98 Å². The van der Waals surface area contributed by atoms with Gasteiger partial charge in [0.25, 0.3) is 0 Å². The van der Waals surface area contributed by atoms with E-state index in [0.29, 0.717) is 6.54 Å². The first-order chi connectivity index (χ1) is 14.1. The highest BCUT2D eigenvalue weighted by Gasteiger charge is 2.20. The Morgan fingerprint density at radius 1 is 1.13 bits per heavy atom. The molecule has 8 heteroatoms. The Bertz CT molecular complexity index is 867. The van der Waals surface area contributed by atoms with Gasteiger partial charge >= 0.3 is 0 Å². The number of guanidine groups is 1. The molecule has 1 aromatic heterocycles. The standard InChI is InChI=1S/C22H31N5O2.HI/c1-16-14-24-20(17(2)21(16)29-5)15-25-22(23-3)27-11-9-26(10-12-27)18-7-6-8-19(13-18)28-4;/h6-8,13-14H,9-12,15H2,1-5H3,(H,23,25);1H. The summed E-state index contributed by atoms with van der Waals surface area (Å²) in [5, 5.41) is 3.46.